The molecule has 0 bridgehead atoms. The van der Waals surface area contributed by atoms with Crippen molar-refractivity contribution in [2.45, 2.75) is 27.2 Å². The maximum absolute atomic E-state index is 14.3. The van der Waals surface area contributed by atoms with Crippen LogP contribution in [0.5, 0.6) is 0 Å². The number of benzene rings is 1. The van der Waals surface area contributed by atoms with Gasteiger partial charge in [-0.3, -0.25) is 4.79 Å². The fourth-order valence-electron chi connectivity index (χ4n) is 2.23. The minimum atomic E-state index is -0.991. The number of Topliss-reactive ketones (excluding diaryl/α,β-unsaturated/α-hetero) is 1. The molecule has 0 spiro atoms. The number of aromatic nitrogens is 1. The number of carbonyl (C=O) groups excluding carboxylic acids is 2. The molecule has 0 N–H and O–H groups in total. The molecule has 0 saturated heterocycles. The fourth-order valence-corrected chi connectivity index (χ4v) is 2.23. The SMILES string of the molecule is CCCOC(=O)n1c(C)cc2c(F)c(C(C)=O)c(F)cc21. The van der Waals surface area contributed by atoms with E-state index in [1.807, 2.05) is 6.92 Å². The summed E-state index contributed by atoms with van der Waals surface area (Å²) in [5.74, 6) is -2.65. The highest BCUT2D eigenvalue weighted by Gasteiger charge is 2.23. The number of nitrogens with zero attached hydrogens (tertiary/aromatic N) is 1. The van der Waals surface area contributed by atoms with Crippen molar-refractivity contribution in [3.05, 3.63) is 35.0 Å². The first-order valence-electron chi connectivity index (χ1n) is 6.56. The number of halogens is 2. The predicted octanol–water partition coefficient (Wildman–Crippen LogP) is 3.83. The number of ether oxygens (including phenoxy) is 1. The van der Waals surface area contributed by atoms with Crippen LogP contribution in [0.3, 0.4) is 0 Å². The summed E-state index contributed by atoms with van der Waals surface area (Å²) in [6.07, 6.45) is -0.0555. The molecule has 1 aromatic heterocycles. The molecule has 6 heteroatoms. The summed E-state index contributed by atoms with van der Waals surface area (Å²) in [4.78, 5) is 23.3. The van der Waals surface area contributed by atoms with Gasteiger partial charge in [-0.15, -0.1) is 0 Å². The Balaban J connectivity index is 2.67. The van der Waals surface area contributed by atoms with E-state index in [1.165, 1.54) is 6.07 Å². The lowest BCUT2D eigenvalue weighted by Crippen LogP contribution is -2.15. The zero-order valence-electron chi connectivity index (χ0n) is 12.0. The first-order chi connectivity index (χ1) is 9.88. The van der Waals surface area contributed by atoms with E-state index < -0.39 is 29.1 Å². The van der Waals surface area contributed by atoms with Gasteiger partial charge in [0.05, 0.1) is 17.7 Å². The van der Waals surface area contributed by atoms with Crippen LogP contribution in [0.15, 0.2) is 12.1 Å². The number of carbonyl (C=O) groups is 2. The van der Waals surface area contributed by atoms with Crippen LogP contribution in [0.4, 0.5) is 13.6 Å². The lowest BCUT2D eigenvalue weighted by molar-refractivity contribution is 0.101. The molecule has 0 aliphatic heterocycles. The number of aryl methyl sites for hydroxylation is 1. The average Bonchev–Trinajstić information content (AvgIpc) is 2.72. The largest absolute Gasteiger partial charge is 0.449 e. The van der Waals surface area contributed by atoms with Crippen molar-refractivity contribution in [2.75, 3.05) is 6.61 Å². The van der Waals surface area contributed by atoms with E-state index in [2.05, 4.69) is 0 Å². The summed E-state index contributed by atoms with van der Waals surface area (Å²) in [5.41, 5.74) is -0.139. The van der Waals surface area contributed by atoms with E-state index >= 15 is 0 Å². The van der Waals surface area contributed by atoms with Crippen molar-refractivity contribution in [3.8, 4) is 0 Å². The quantitative estimate of drug-likeness (QED) is 0.809. The van der Waals surface area contributed by atoms with E-state index in [0.717, 1.165) is 17.6 Å². The van der Waals surface area contributed by atoms with Crippen LogP contribution in [0.1, 0.15) is 36.3 Å². The first kappa shape index (κ1) is 15.2. The minimum absolute atomic E-state index is 0.0209. The third-order valence-corrected chi connectivity index (χ3v) is 3.15. The highest BCUT2D eigenvalue weighted by atomic mass is 19.1. The first-order valence-corrected chi connectivity index (χ1v) is 6.56. The Hall–Kier alpha value is -2.24. The second-order valence-corrected chi connectivity index (χ2v) is 4.77. The molecule has 4 nitrogen and oxygen atoms in total. The fraction of sp³-hybridized carbons (Fsp3) is 0.333. The zero-order valence-corrected chi connectivity index (χ0v) is 12.0. The standard InChI is InChI=1S/C15H15F2NO3/c1-4-5-21-15(20)18-8(2)6-10-12(18)7-11(16)13(9(3)19)14(10)17/h6-7H,4-5H2,1-3H3. The molecule has 1 heterocycles. The molecule has 0 aliphatic rings. The molecule has 0 saturated carbocycles. The van der Waals surface area contributed by atoms with Gasteiger partial charge in [0.25, 0.3) is 0 Å². The van der Waals surface area contributed by atoms with Crippen molar-refractivity contribution in [1.29, 1.82) is 0 Å². The van der Waals surface area contributed by atoms with E-state index in [-0.39, 0.29) is 17.5 Å². The summed E-state index contributed by atoms with van der Waals surface area (Å²) in [7, 11) is 0. The van der Waals surface area contributed by atoms with E-state index in [9.17, 15) is 18.4 Å². The van der Waals surface area contributed by atoms with E-state index in [0.29, 0.717) is 12.1 Å². The summed E-state index contributed by atoms with van der Waals surface area (Å²) in [6, 6.07) is 2.37. The number of hydrogen-bond donors (Lipinski definition) is 0. The number of ketones is 1. The Morgan fingerprint density at radius 1 is 1.29 bits per heavy atom. The van der Waals surface area contributed by atoms with Crippen LogP contribution < -0.4 is 0 Å². The van der Waals surface area contributed by atoms with Crippen LogP contribution in [-0.2, 0) is 4.74 Å². The van der Waals surface area contributed by atoms with Gasteiger partial charge < -0.3 is 4.74 Å². The van der Waals surface area contributed by atoms with Crippen LogP contribution in [-0.4, -0.2) is 23.1 Å². The molecule has 21 heavy (non-hydrogen) atoms. The maximum atomic E-state index is 14.3. The van der Waals surface area contributed by atoms with Crippen molar-refractivity contribution < 1.29 is 23.1 Å². The van der Waals surface area contributed by atoms with Crippen LogP contribution in [0.25, 0.3) is 10.9 Å². The molecule has 1 aromatic carbocycles. The summed E-state index contributed by atoms with van der Waals surface area (Å²) in [6.45, 7) is 4.73. The molecule has 0 fully saturated rings. The van der Waals surface area contributed by atoms with Crippen molar-refractivity contribution in [1.82, 2.24) is 4.57 Å². The second kappa shape index (κ2) is 5.63. The van der Waals surface area contributed by atoms with Crippen molar-refractivity contribution >= 4 is 22.8 Å². The third-order valence-electron chi connectivity index (χ3n) is 3.15. The topological polar surface area (TPSA) is 48.3 Å². The Morgan fingerprint density at radius 2 is 1.95 bits per heavy atom. The minimum Gasteiger partial charge on any atom is -0.449 e. The van der Waals surface area contributed by atoms with Gasteiger partial charge in [-0.25, -0.2) is 18.1 Å². The summed E-state index contributed by atoms with van der Waals surface area (Å²) in [5, 5.41) is 0.0209. The molecular weight excluding hydrogens is 280 g/mol. The van der Waals surface area contributed by atoms with Gasteiger partial charge in [0.15, 0.2) is 5.78 Å². The monoisotopic (exact) mass is 295 g/mol. The highest BCUT2D eigenvalue weighted by Crippen LogP contribution is 2.27. The number of fused-ring (bicyclic) bond motifs is 1. The van der Waals surface area contributed by atoms with Gasteiger partial charge in [-0.2, -0.15) is 0 Å². The second-order valence-electron chi connectivity index (χ2n) is 4.77. The lowest BCUT2D eigenvalue weighted by Gasteiger charge is -2.08. The van der Waals surface area contributed by atoms with Crippen LogP contribution in [0.2, 0.25) is 0 Å². The Kier molecular flexibility index (Phi) is 4.06. The normalized spacial score (nSPS) is 10.9. The summed E-state index contributed by atoms with van der Waals surface area (Å²) >= 11 is 0. The molecule has 0 atom stereocenters. The molecule has 0 amide bonds. The van der Waals surface area contributed by atoms with Gasteiger partial charge in [0, 0.05) is 11.1 Å². The van der Waals surface area contributed by atoms with Gasteiger partial charge >= 0.3 is 6.09 Å². The molecule has 112 valence electrons. The molecule has 0 aliphatic carbocycles. The Morgan fingerprint density at radius 3 is 2.52 bits per heavy atom. The van der Waals surface area contributed by atoms with Gasteiger partial charge in [-0.1, -0.05) is 6.92 Å². The Bertz CT molecular complexity index is 734. The smallest absolute Gasteiger partial charge is 0.418 e. The van der Waals surface area contributed by atoms with E-state index in [1.54, 1.807) is 6.92 Å². The zero-order chi connectivity index (χ0) is 15.7. The van der Waals surface area contributed by atoms with Gasteiger partial charge in [-0.05, 0) is 32.4 Å². The predicted molar refractivity (Wildman–Crippen MR) is 73.6 cm³/mol. The molecule has 2 rings (SSSR count). The van der Waals surface area contributed by atoms with Gasteiger partial charge in [0.1, 0.15) is 11.6 Å². The maximum Gasteiger partial charge on any atom is 0.418 e. The molecule has 0 unspecified atom stereocenters. The highest BCUT2D eigenvalue weighted by molar-refractivity contribution is 6.00. The number of rotatable bonds is 3. The molecular formula is C15H15F2NO3. The summed E-state index contributed by atoms with van der Waals surface area (Å²) < 4.78 is 34.3. The van der Waals surface area contributed by atoms with Crippen LogP contribution in [0, 0.1) is 18.6 Å². The van der Waals surface area contributed by atoms with Crippen molar-refractivity contribution in [2.24, 2.45) is 0 Å². The lowest BCUT2D eigenvalue weighted by atomic mass is 10.1. The van der Waals surface area contributed by atoms with Crippen molar-refractivity contribution in [3.63, 3.8) is 0 Å². The third kappa shape index (κ3) is 2.53. The van der Waals surface area contributed by atoms with Crippen LogP contribution >= 0.6 is 0 Å². The number of hydrogen-bond acceptors (Lipinski definition) is 3. The van der Waals surface area contributed by atoms with Gasteiger partial charge in [0.2, 0.25) is 0 Å². The average molecular weight is 295 g/mol. The van der Waals surface area contributed by atoms with E-state index in [4.69, 9.17) is 4.74 Å². The molecule has 0 radical (unpaired) electrons. The Labute approximate surface area is 120 Å². The molecule has 2 aromatic rings.